The number of nitrogens with zero attached hydrogens (tertiary/aromatic N) is 1. The Morgan fingerprint density at radius 1 is 1.06 bits per heavy atom. The van der Waals surface area contributed by atoms with Crippen LogP contribution < -0.4 is 5.73 Å². The Morgan fingerprint density at radius 2 is 1.71 bits per heavy atom. The fraction of sp³-hybridized carbons (Fsp3) is 1.00. The number of likely N-dealkylation sites (tertiary alicyclic amines) is 1. The van der Waals surface area contributed by atoms with Gasteiger partial charge in [-0.15, -0.1) is 0 Å². The van der Waals surface area contributed by atoms with Crippen LogP contribution in [0.3, 0.4) is 0 Å². The molecule has 0 spiro atoms. The molecule has 0 aromatic carbocycles. The molecule has 2 fully saturated rings. The van der Waals surface area contributed by atoms with Gasteiger partial charge in [-0.05, 0) is 43.4 Å². The standard InChI is InChI=1S/C15H30N2/c1-4-13-5-6-14(16)15(8-13)17-9-11(2)7-12(3)10-17/h11-15H,4-10,16H2,1-3H3. The van der Waals surface area contributed by atoms with Crippen molar-refractivity contribution >= 4 is 0 Å². The van der Waals surface area contributed by atoms with Crippen LogP contribution in [0.15, 0.2) is 0 Å². The fourth-order valence-electron chi connectivity index (χ4n) is 4.03. The summed E-state index contributed by atoms with van der Waals surface area (Å²) in [6, 6.07) is 1.09. The van der Waals surface area contributed by atoms with Gasteiger partial charge in [0.1, 0.15) is 0 Å². The van der Waals surface area contributed by atoms with E-state index in [1.165, 1.54) is 45.2 Å². The van der Waals surface area contributed by atoms with Gasteiger partial charge in [0.25, 0.3) is 0 Å². The lowest BCUT2D eigenvalue weighted by atomic mass is 9.79. The molecule has 2 heteroatoms. The highest BCUT2D eigenvalue weighted by molar-refractivity contribution is 4.91. The summed E-state index contributed by atoms with van der Waals surface area (Å²) in [7, 11) is 0. The van der Waals surface area contributed by atoms with Crippen LogP contribution in [0.5, 0.6) is 0 Å². The average Bonchev–Trinajstić information content (AvgIpc) is 2.28. The van der Waals surface area contributed by atoms with Crippen molar-refractivity contribution in [2.45, 2.75) is 65.0 Å². The van der Waals surface area contributed by atoms with Crippen molar-refractivity contribution in [2.24, 2.45) is 23.5 Å². The third-order valence-electron chi connectivity index (χ3n) is 4.92. The van der Waals surface area contributed by atoms with Gasteiger partial charge in [-0.25, -0.2) is 0 Å². The predicted molar refractivity (Wildman–Crippen MR) is 73.9 cm³/mol. The molecule has 17 heavy (non-hydrogen) atoms. The van der Waals surface area contributed by atoms with E-state index in [2.05, 4.69) is 25.7 Å². The minimum atomic E-state index is 0.426. The van der Waals surface area contributed by atoms with Crippen molar-refractivity contribution in [3.63, 3.8) is 0 Å². The van der Waals surface area contributed by atoms with E-state index < -0.39 is 0 Å². The molecule has 1 heterocycles. The SMILES string of the molecule is CCC1CCC(N)C(N2CC(C)CC(C)C2)C1. The summed E-state index contributed by atoms with van der Waals surface area (Å²) in [4.78, 5) is 2.71. The molecular formula is C15H30N2. The maximum absolute atomic E-state index is 6.38. The van der Waals surface area contributed by atoms with Gasteiger partial charge in [-0.1, -0.05) is 27.2 Å². The molecular weight excluding hydrogens is 208 g/mol. The molecule has 100 valence electrons. The summed E-state index contributed by atoms with van der Waals surface area (Å²) < 4.78 is 0. The molecule has 2 nitrogen and oxygen atoms in total. The van der Waals surface area contributed by atoms with Crippen LogP contribution in [0.4, 0.5) is 0 Å². The molecule has 0 radical (unpaired) electrons. The van der Waals surface area contributed by atoms with Gasteiger partial charge in [0.05, 0.1) is 0 Å². The van der Waals surface area contributed by atoms with Crippen molar-refractivity contribution in [3.8, 4) is 0 Å². The molecule has 2 N–H and O–H groups in total. The predicted octanol–water partition coefficient (Wildman–Crippen LogP) is 2.87. The maximum Gasteiger partial charge on any atom is 0.0250 e. The van der Waals surface area contributed by atoms with Gasteiger partial charge >= 0.3 is 0 Å². The van der Waals surface area contributed by atoms with Crippen molar-refractivity contribution in [1.82, 2.24) is 4.90 Å². The fourth-order valence-corrected chi connectivity index (χ4v) is 4.03. The lowest BCUT2D eigenvalue weighted by Gasteiger charge is -2.45. The number of rotatable bonds is 2. The Morgan fingerprint density at radius 3 is 2.29 bits per heavy atom. The first-order chi connectivity index (χ1) is 8.10. The highest BCUT2D eigenvalue weighted by atomic mass is 15.2. The lowest BCUT2D eigenvalue weighted by molar-refractivity contribution is 0.0507. The van der Waals surface area contributed by atoms with E-state index in [1.54, 1.807) is 0 Å². The molecule has 0 bridgehead atoms. The number of hydrogen-bond acceptors (Lipinski definition) is 2. The number of piperidine rings is 1. The quantitative estimate of drug-likeness (QED) is 0.801. The van der Waals surface area contributed by atoms with Gasteiger partial charge in [0.15, 0.2) is 0 Å². The van der Waals surface area contributed by atoms with Crippen LogP contribution in [0, 0.1) is 17.8 Å². The topological polar surface area (TPSA) is 29.3 Å². The van der Waals surface area contributed by atoms with E-state index in [1.807, 2.05) is 0 Å². The van der Waals surface area contributed by atoms with Crippen molar-refractivity contribution in [1.29, 1.82) is 0 Å². The zero-order valence-corrected chi connectivity index (χ0v) is 11.9. The van der Waals surface area contributed by atoms with Gasteiger partial charge in [0.2, 0.25) is 0 Å². The molecule has 0 amide bonds. The minimum Gasteiger partial charge on any atom is -0.326 e. The summed E-state index contributed by atoms with van der Waals surface area (Å²) in [6.07, 6.45) is 6.67. The van der Waals surface area contributed by atoms with Crippen LogP contribution in [0.2, 0.25) is 0 Å². The van der Waals surface area contributed by atoms with Gasteiger partial charge in [-0.3, -0.25) is 4.90 Å². The van der Waals surface area contributed by atoms with Crippen LogP contribution in [0.25, 0.3) is 0 Å². The molecule has 1 saturated carbocycles. The molecule has 2 aliphatic rings. The highest BCUT2D eigenvalue weighted by Gasteiger charge is 2.34. The molecule has 1 aliphatic heterocycles. The van der Waals surface area contributed by atoms with Crippen molar-refractivity contribution < 1.29 is 0 Å². The minimum absolute atomic E-state index is 0.426. The molecule has 5 unspecified atom stereocenters. The Balaban J connectivity index is 1.98. The first-order valence-electron chi connectivity index (χ1n) is 7.59. The molecule has 2 rings (SSSR count). The van der Waals surface area contributed by atoms with Crippen LogP contribution >= 0.6 is 0 Å². The normalized spacial score (nSPS) is 44.8. The second kappa shape index (κ2) is 5.71. The first kappa shape index (κ1) is 13.4. The van der Waals surface area contributed by atoms with Gasteiger partial charge in [0, 0.05) is 25.2 Å². The van der Waals surface area contributed by atoms with Crippen LogP contribution in [-0.2, 0) is 0 Å². The van der Waals surface area contributed by atoms with E-state index >= 15 is 0 Å². The smallest absolute Gasteiger partial charge is 0.0250 e. The Kier molecular flexibility index (Phi) is 4.48. The van der Waals surface area contributed by atoms with Crippen LogP contribution in [-0.4, -0.2) is 30.1 Å². The Labute approximate surface area is 107 Å². The first-order valence-corrected chi connectivity index (χ1v) is 7.59. The highest BCUT2D eigenvalue weighted by Crippen LogP contribution is 2.32. The monoisotopic (exact) mass is 238 g/mol. The second-order valence-corrected chi connectivity index (χ2v) is 6.72. The van der Waals surface area contributed by atoms with E-state index in [9.17, 15) is 0 Å². The van der Waals surface area contributed by atoms with Crippen molar-refractivity contribution in [3.05, 3.63) is 0 Å². The van der Waals surface area contributed by atoms with E-state index in [4.69, 9.17) is 5.73 Å². The van der Waals surface area contributed by atoms with Crippen LogP contribution in [0.1, 0.15) is 52.9 Å². The molecule has 0 aromatic heterocycles. The summed E-state index contributed by atoms with van der Waals surface area (Å²) >= 11 is 0. The van der Waals surface area contributed by atoms with Crippen molar-refractivity contribution in [2.75, 3.05) is 13.1 Å². The zero-order valence-electron chi connectivity index (χ0n) is 11.9. The molecule has 1 saturated heterocycles. The van der Waals surface area contributed by atoms with E-state index in [0.29, 0.717) is 12.1 Å². The third kappa shape index (κ3) is 3.23. The van der Waals surface area contributed by atoms with Gasteiger partial charge < -0.3 is 5.73 Å². The number of nitrogens with two attached hydrogens (primary N) is 1. The summed E-state index contributed by atoms with van der Waals surface area (Å²) in [5.74, 6) is 2.63. The Hall–Kier alpha value is -0.0800. The zero-order chi connectivity index (χ0) is 12.4. The average molecular weight is 238 g/mol. The van der Waals surface area contributed by atoms with E-state index in [-0.39, 0.29) is 0 Å². The Bertz CT molecular complexity index is 231. The largest absolute Gasteiger partial charge is 0.326 e. The maximum atomic E-state index is 6.38. The lowest BCUT2D eigenvalue weighted by Crippen LogP contribution is -2.55. The van der Waals surface area contributed by atoms with Gasteiger partial charge in [-0.2, -0.15) is 0 Å². The van der Waals surface area contributed by atoms with E-state index in [0.717, 1.165) is 17.8 Å². The summed E-state index contributed by atoms with van der Waals surface area (Å²) in [6.45, 7) is 9.68. The molecule has 5 atom stereocenters. The second-order valence-electron chi connectivity index (χ2n) is 6.72. The summed E-state index contributed by atoms with van der Waals surface area (Å²) in [5.41, 5.74) is 6.38. The number of hydrogen-bond donors (Lipinski definition) is 1. The third-order valence-corrected chi connectivity index (χ3v) is 4.92. The molecule has 1 aliphatic carbocycles. The molecule has 0 aromatic rings. The summed E-state index contributed by atoms with van der Waals surface area (Å²) in [5, 5.41) is 0.